The number of H-pyrrole nitrogens is 1. The van der Waals surface area contributed by atoms with Gasteiger partial charge in [0.15, 0.2) is 4.77 Å². The lowest BCUT2D eigenvalue weighted by atomic mass is 9.83. The highest BCUT2D eigenvalue weighted by Crippen LogP contribution is 2.32. The summed E-state index contributed by atoms with van der Waals surface area (Å²) >= 11 is 17.7. The normalized spacial score (nSPS) is 23.4. The minimum absolute atomic E-state index is 0.564. The minimum atomic E-state index is 0.564. The molecule has 2 aromatic rings. The van der Waals surface area contributed by atoms with Gasteiger partial charge in [-0.25, -0.2) is 0 Å². The Bertz CT molecular complexity index is 681. The highest BCUT2D eigenvalue weighted by molar-refractivity contribution is 7.71. The third kappa shape index (κ3) is 2.76. The summed E-state index contributed by atoms with van der Waals surface area (Å²) in [5.74, 6) is 1.58. The van der Waals surface area contributed by atoms with E-state index in [1.54, 1.807) is 0 Å². The Morgan fingerprint density at radius 2 is 1.85 bits per heavy atom. The molecule has 1 fully saturated rings. The number of fused-ring (bicyclic) bond motifs is 1. The molecule has 1 heterocycles. The van der Waals surface area contributed by atoms with Crippen LogP contribution in [0.1, 0.15) is 32.6 Å². The summed E-state index contributed by atoms with van der Waals surface area (Å²) < 4.78 is 2.94. The Morgan fingerprint density at radius 3 is 2.55 bits per heavy atom. The van der Waals surface area contributed by atoms with Crippen LogP contribution in [0.5, 0.6) is 0 Å². The molecule has 0 amide bonds. The van der Waals surface area contributed by atoms with Crippen LogP contribution in [0.4, 0.5) is 0 Å². The molecule has 1 aliphatic rings. The first-order valence-electron chi connectivity index (χ1n) is 7.12. The maximum Gasteiger partial charge on any atom is 0.178 e. The van der Waals surface area contributed by atoms with Crippen LogP contribution in [-0.2, 0) is 6.54 Å². The van der Waals surface area contributed by atoms with Gasteiger partial charge in [0, 0.05) is 6.54 Å². The molecule has 1 saturated carbocycles. The molecule has 20 heavy (non-hydrogen) atoms. The summed E-state index contributed by atoms with van der Waals surface area (Å²) in [5.41, 5.74) is 2.02. The Morgan fingerprint density at radius 1 is 1.20 bits per heavy atom. The first-order chi connectivity index (χ1) is 9.54. The van der Waals surface area contributed by atoms with Crippen molar-refractivity contribution in [3.63, 3.8) is 0 Å². The van der Waals surface area contributed by atoms with Crippen molar-refractivity contribution in [1.29, 1.82) is 0 Å². The summed E-state index contributed by atoms with van der Waals surface area (Å²) in [4.78, 5) is 3.23. The van der Waals surface area contributed by atoms with E-state index in [4.69, 9.17) is 35.4 Å². The van der Waals surface area contributed by atoms with Gasteiger partial charge in [0.2, 0.25) is 0 Å². The van der Waals surface area contributed by atoms with Crippen molar-refractivity contribution in [3.8, 4) is 0 Å². The molecule has 2 nitrogen and oxygen atoms in total. The van der Waals surface area contributed by atoms with Crippen LogP contribution in [0.3, 0.4) is 0 Å². The lowest BCUT2D eigenvalue weighted by Gasteiger charge is -2.26. The Balaban J connectivity index is 1.93. The smallest absolute Gasteiger partial charge is 0.178 e. The van der Waals surface area contributed by atoms with Gasteiger partial charge in [-0.05, 0) is 49.0 Å². The highest BCUT2D eigenvalue weighted by atomic mass is 35.5. The lowest BCUT2D eigenvalue weighted by molar-refractivity contribution is 0.266. The van der Waals surface area contributed by atoms with Crippen molar-refractivity contribution in [2.75, 3.05) is 0 Å². The number of hydrogen-bond donors (Lipinski definition) is 1. The molecule has 0 atom stereocenters. The molecule has 0 unspecified atom stereocenters. The van der Waals surface area contributed by atoms with Gasteiger partial charge in [0.05, 0.1) is 21.1 Å². The number of aromatic nitrogens is 2. The van der Waals surface area contributed by atoms with E-state index in [0.29, 0.717) is 16.0 Å². The fourth-order valence-corrected chi connectivity index (χ4v) is 3.71. The summed E-state index contributed by atoms with van der Waals surface area (Å²) in [6.45, 7) is 3.32. The SMILES string of the molecule is CC1CCC(Cn2c(=S)[nH]c3cc(Cl)c(Cl)cc32)CC1. The highest BCUT2D eigenvalue weighted by Gasteiger charge is 2.20. The van der Waals surface area contributed by atoms with Crippen LogP contribution in [0.25, 0.3) is 11.0 Å². The minimum Gasteiger partial charge on any atom is -0.331 e. The summed E-state index contributed by atoms with van der Waals surface area (Å²) in [5, 5.41) is 1.15. The molecule has 0 bridgehead atoms. The maximum absolute atomic E-state index is 6.14. The van der Waals surface area contributed by atoms with Gasteiger partial charge < -0.3 is 9.55 Å². The van der Waals surface area contributed by atoms with Crippen molar-refractivity contribution in [2.45, 2.75) is 39.2 Å². The molecule has 1 aromatic heterocycles. The largest absolute Gasteiger partial charge is 0.331 e. The molecule has 1 aliphatic carbocycles. The lowest BCUT2D eigenvalue weighted by Crippen LogP contribution is -2.17. The number of imidazole rings is 1. The van der Waals surface area contributed by atoms with E-state index in [9.17, 15) is 0 Å². The molecule has 0 aliphatic heterocycles. The first-order valence-corrected chi connectivity index (χ1v) is 8.28. The van der Waals surface area contributed by atoms with E-state index in [0.717, 1.165) is 28.3 Å². The van der Waals surface area contributed by atoms with Gasteiger partial charge >= 0.3 is 0 Å². The van der Waals surface area contributed by atoms with Crippen molar-refractivity contribution < 1.29 is 0 Å². The van der Waals surface area contributed by atoms with Crippen LogP contribution in [0.2, 0.25) is 10.0 Å². The van der Waals surface area contributed by atoms with Gasteiger partial charge in [0.1, 0.15) is 0 Å². The number of hydrogen-bond acceptors (Lipinski definition) is 1. The number of rotatable bonds is 2. The Kier molecular flexibility index (Phi) is 4.11. The molecular weight excluding hydrogens is 311 g/mol. The fourth-order valence-electron chi connectivity index (χ4n) is 3.10. The maximum atomic E-state index is 6.14. The van der Waals surface area contributed by atoms with Gasteiger partial charge in [0.25, 0.3) is 0 Å². The second-order valence-electron chi connectivity index (χ2n) is 5.95. The zero-order valence-corrected chi connectivity index (χ0v) is 13.8. The molecule has 5 heteroatoms. The van der Waals surface area contributed by atoms with Gasteiger partial charge in [-0.1, -0.05) is 43.0 Å². The van der Waals surface area contributed by atoms with Crippen molar-refractivity contribution >= 4 is 46.5 Å². The Labute approximate surface area is 134 Å². The van der Waals surface area contributed by atoms with E-state index in [1.165, 1.54) is 25.7 Å². The third-order valence-electron chi connectivity index (χ3n) is 4.39. The van der Waals surface area contributed by atoms with E-state index < -0.39 is 0 Å². The summed E-state index contributed by atoms with van der Waals surface area (Å²) in [6.07, 6.45) is 5.23. The number of nitrogens with zero attached hydrogens (tertiary/aromatic N) is 1. The van der Waals surface area contributed by atoms with Crippen molar-refractivity contribution in [2.24, 2.45) is 11.8 Å². The predicted octanol–water partition coefficient (Wildman–Crippen LogP) is 5.83. The molecule has 0 saturated heterocycles. The Hall–Kier alpha value is -0.510. The molecule has 0 spiro atoms. The van der Waals surface area contributed by atoms with Crippen LogP contribution in [0, 0.1) is 16.6 Å². The van der Waals surface area contributed by atoms with Crippen molar-refractivity contribution in [3.05, 3.63) is 26.9 Å². The summed E-state index contributed by atoms with van der Waals surface area (Å²) in [7, 11) is 0. The molecule has 1 N–H and O–H groups in total. The fraction of sp³-hybridized carbons (Fsp3) is 0.533. The van der Waals surface area contributed by atoms with E-state index in [1.807, 2.05) is 12.1 Å². The molecule has 108 valence electrons. The predicted molar refractivity (Wildman–Crippen MR) is 88.3 cm³/mol. The number of halogens is 2. The van der Waals surface area contributed by atoms with Gasteiger partial charge in [-0.2, -0.15) is 0 Å². The molecule has 0 radical (unpaired) electrons. The van der Waals surface area contributed by atoms with E-state index in [-0.39, 0.29) is 0 Å². The number of nitrogens with one attached hydrogen (secondary N) is 1. The average Bonchev–Trinajstić information content (AvgIpc) is 2.69. The quantitative estimate of drug-likeness (QED) is 0.687. The van der Waals surface area contributed by atoms with E-state index in [2.05, 4.69) is 16.5 Å². The summed E-state index contributed by atoms with van der Waals surface area (Å²) in [6, 6.07) is 3.77. The first kappa shape index (κ1) is 14.4. The standard InChI is InChI=1S/C15H18Cl2N2S/c1-9-2-4-10(5-3-9)8-19-14-7-12(17)11(16)6-13(14)18-15(19)20/h6-7,9-10H,2-5,8H2,1H3,(H,18,20). The molecule has 1 aromatic carbocycles. The van der Waals surface area contributed by atoms with Gasteiger partial charge in [-0.15, -0.1) is 0 Å². The zero-order chi connectivity index (χ0) is 14.3. The van der Waals surface area contributed by atoms with E-state index >= 15 is 0 Å². The molecular formula is C15H18Cl2N2S. The van der Waals surface area contributed by atoms with Crippen LogP contribution in [-0.4, -0.2) is 9.55 Å². The third-order valence-corrected chi connectivity index (χ3v) is 5.44. The molecule has 3 rings (SSSR count). The van der Waals surface area contributed by atoms with Crippen LogP contribution >= 0.6 is 35.4 Å². The van der Waals surface area contributed by atoms with Crippen LogP contribution < -0.4 is 0 Å². The van der Waals surface area contributed by atoms with Crippen LogP contribution in [0.15, 0.2) is 12.1 Å². The second-order valence-corrected chi connectivity index (χ2v) is 7.15. The van der Waals surface area contributed by atoms with Crippen molar-refractivity contribution in [1.82, 2.24) is 9.55 Å². The zero-order valence-electron chi connectivity index (χ0n) is 11.5. The monoisotopic (exact) mass is 328 g/mol. The van der Waals surface area contributed by atoms with Gasteiger partial charge in [-0.3, -0.25) is 0 Å². The average molecular weight is 329 g/mol. The number of aromatic amines is 1. The topological polar surface area (TPSA) is 20.7 Å². The number of benzene rings is 1. The second kappa shape index (κ2) is 5.70.